The van der Waals surface area contributed by atoms with E-state index in [1.165, 1.54) is 6.92 Å². The van der Waals surface area contributed by atoms with Gasteiger partial charge in [-0.3, -0.25) is 9.35 Å². The summed E-state index contributed by atoms with van der Waals surface area (Å²) in [5, 5.41) is 0. The van der Waals surface area contributed by atoms with Gasteiger partial charge in [0.1, 0.15) is 23.9 Å². The number of hydrogen-bond donors (Lipinski definition) is 1. The highest BCUT2D eigenvalue weighted by atomic mass is 127. The zero-order valence-corrected chi connectivity index (χ0v) is 17.3. The second-order valence-electron chi connectivity index (χ2n) is 3.48. The fourth-order valence-electron chi connectivity index (χ4n) is 1.25. The molecule has 0 aromatic heterocycles. The third kappa shape index (κ3) is 5.10. The first-order chi connectivity index (χ1) is 9.14. The molecular formula is C10H9I3O6S. The molecule has 0 fully saturated rings. The molecule has 0 bridgehead atoms. The molecule has 0 radical (unpaired) electrons. The predicted molar refractivity (Wildman–Crippen MR) is 96.5 cm³/mol. The van der Waals surface area contributed by atoms with Crippen LogP contribution in [0.4, 0.5) is 0 Å². The third-order valence-electron chi connectivity index (χ3n) is 1.98. The van der Waals surface area contributed by atoms with E-state index in [0.717, 1.165) is 0 Å². The smallest absolute Gasteiger partial charge is 0.302 e. The molecule has 10 heteroatoms. The Hall–Kier alpha value is 0.590. The maximum Gasteiger partial charge on any atom is 0.302 e. The van der Waals surface area contributed by atoms with Crippen LogP contribution in [0.1, 0.15) is 6.92 Å². The van der Waals surface area contributed by atoms with Gasteiger partial charge in [-0.25, -0.2) is 0 Å². The fraction of sp³-hybridized carbons (Fsp3) is 0.300. The van der Waals surface area contributed by atoms with Crippen LogP contribution in [0, 0.1) is 10.7 Å². The molecule has 1 N–H and O–H groups in total. The first kappa shape index (κ1) is 18.6. The Labute approximate surface area is 157 Å². The second-order valence-corrected chi connectivity index (χ2v) is 8.24. The van der Waals surface area contributed by atoms with Crippen molar-refractivity contribution in [1.29, 1.82) is 0 Å². The molecule has 0 amide bonds. The summed E-state index contributed by atoms with van der Waals surface area (Å²) in [7, 11) is -4.33. The number of benzene rings is 1. The minimum absolute atomic E-state index is 0.0642. The van der Waals surface area contributed by atoms with Crippen molar-refractivity contribution >= 4 is 83.9 Å². The van der Waals surface area contributed by atoms with E-state index in [1.807, 2.05) is 45.2 Å². The van der Waals surface area contributed by atoms with Gasteiger partial charge in [0.25, 0.3) is 10.1 Å². The van der Waals surface area contributed by atoms with Crippen molar-refractivity contribution in [2.75, 3.05) is 13.2 Å². The van der Waals surface area contributed by atoms with Gasteiger partial charge in [0.05, 0.1) is 7.14 Å². The summed E-state index contributed by atoms with van der Waals surface area (Å²) in [6.07, 6.45) is 0. The quantitative estimate of drug-likeness (QED) is 0.231. The predicted octanol–water partition coefficient (Wildman–Crippen LogP) is 2.69. The van der Waals surface area contributed by atoms with Crippen LogP contribution >= 0.6 is 67.8 Å². The van der Waals surface area contributed by atoms with Crippen molar-refractivity contribution < 1.29 is 27.2 Å². The van der Waals surface area contributed by atoms with E-state index in [-0.39, 0.29) is 18.1 Å². The lowest BCUT2D eigenvalue weighted by Gasteiger charge is -2.14. The average molecular weight is 638 g/mol. The molecule has 0 saturated heterocycles. The van der Waals surface area contributed by atoms with Gasteiger partial charge in [-0.05, 0) is 73.8 Å². The molecule has 6 nitrogen and oxygen atoms in total. The standard InChI is InChI=1S/C10H9I3O6S/c1-5(14)18-2-3-19-9-6(11)4-7(12)10(8(9)13)20(15,16)17/h4H,2-3H2,1H3,(H,15,16,17). The molecule has 0 unspecified atom stereocenters. The monoisotopic (exact) mass is 638 g/mol. The van der Waals surface area contributed by atoms with Crippen LogP contribution < -0.4 is 4.74 Å². The largest absolute Gasteiger partial charge is 0.488 e. The minimum Gasteiger partial charge on any atom is -0.488 e. The first-order valence-corrected chi connectivity index (χ1v) is 9.73. The van der Waals surface area contributed by atoms with Crippen LogP contribution in [0.5, 0.6) is 5.75 Å². The van der Waals surface area contributed by atoms with E-state index in [4.69, 9.17) is 9.47 Å². The zero-order valence-electron chi connectivity index (χ0n) is 10.0. The number of halogens is 3. The van der Waals surface area contributed by atoms with Gasteiger partial charge in [-0.15, -0.1) is 0 Å². The summed E-state index contributed by atoms with van der Waals surface area (Å²) in [6.45, 7) is 1.45. The zero-order chi connectivity index (χ0) is 15.5. The van der Waals surface area contributed by atoms with Gasteiger partial charge in [0, 0.05) is 10.5 Å². The Morgan fingerprint density at radius 3 is 2.35 bits per heavy atom. The lowest BCUT2D eigenvalue weighted by Crippen LogP contribution is -2.13. The third-order valence-corrected chi connectivity index (χ3v) is 6.33. The Balaban J connectivity index is 3.06. The van der Waals surface area contributed by atoms with Gasteiger partial charge in [0.2, 0.25) is 0 Å². The van der Waals surface area contributed by atoms with Crippen LogP contribution in [0.3, 0.4) is 0 Å². The normalized spacial score (nSPS) is 11.2. The molecule has 20 heavy (non-hydrogen) atoms. The lowest BCUT2D eigenvalue weighted by atomic mass is 10.3. The van der Waals surface area contributed by atoms with Crippen LogP contribution in [0.25, 0.3) is 0 Å². The number of ether oxygens (including phenoxy) is 2. The molecule has 0 aliphatic rings. The number of rotatable bonds is 5. The summed E-state index contributed by atoms with van der Waals surface area (Å²) in [4.78, 5) is 10.4. The molecule has 0 aliphatic carbocycles. The van der Waals surface area contributed by atoms with Gasteiger partial charge >= 0.3 is 5.97 Å². The first-order valence-electron chi connectivity index (χ1n) is 5.05. The molecule has 1 aromatic carbocycles. The van der Waals surface area contributed by atoms with E-state index in [1.54, 1.807) is 28.7 Å². The van der Waals surface area contributed by atoms with Crippen molar-refractivity contribution in [1.82, 2.24) is 0 Å². The van der Waals surface area contributed by atoms with Crippen LogP contribution in [0.2, 0.25) is 0 Å². The molecule has 1 aromatic rings. The Kier molecular flexibility index (Phi) is 7.21. The van der Waals surface area contributed by atoms with E-state index < -0.39 is 16.1 Å². The number of esters is 1. The van der Waals surface area contributed by atoms with E-state index in [0.29, 0.717) is 16.5 Å². The molecule has 0 aliphatic heterocycles. The van der Waals surface area contributed by atoms with Crippen LogP contribution in [-0.4, -0.2) is 32.2 Å². The van der Waals surface area contributed by atoms with E-state index in [9.17, 15) is 17.8 Å². The summed E-state index contributed by atoms with van der Waals surface area (Å²) in [5.74, 6) is -0.0781. The van der Waals surface area contributed by atoms with Crippen LogP contribution in [0.15, 0.2) is 11.0 Å². The van der Waals surface area contributed by atoms with Crippen molar-refractivity contribution in [3.63, 3.8) is 0 Å². The van der Waals surface area contributed by atoms with Crippen molar-refractivity contribution in [3.05, 3.63) is 16.8 Å². The highest BCUT2D eigenvalue weighted by molar-refractivity contribution is 14.1. The molecule has 0 saturated carbocycles. The summed E-state index contributed by atoms with van der Waals surface area (Å²) >= 11 is 5.64. The number of carbonyl (C=O) groups is 1. The van der Waals surface area contributed by atoms with Crippen molar-refractivity contribution in [2.45, 2.75) is 11.8 Å². The summed E-state index contributed by atoms with van der Waals surface area (Å²) in [5.41, 5.74) is 0. The van der Waals surface area contributed by atoms with Crippen molar-refractivity contribution in [2.24, 2.45) is 0 Å². The van der Waals surface area contributed by atoms with E-state index in [2.05, 4.69) is 0 Å². The Morgan fingerprint density at radius 1 is 1.25 bits per heavy atom. The maximum absolute atomic E-state index is 11.4. The average Bonchev–Trinajstić information content (AvgIpc) is 2.24. The Bertz CT molecular complexity index is 628. The van der Waals surface area contributed by atoms with Gasteiger partial charge < -0.3 is 9.47 Å². The molecule has 1 rings (SSSR count). The van der Waals surface area contributed by atoms with Gasteiger partial charge in [-0.1, -0.05) is 0 Å². The highest BCUT2D eigenvalue weighted by Crippen LogP contribution is 2.35. The highest BCUT2D eigenvalue weighted by Gasteiger charge is 2.24. The lowest BCUT2D eigenvalue weighted by molar-refractivity contribution is -0.141. The fourth-order valence-corrected chi connectivity index (χ4v) is 7.23. The molecule has 0 heterocycles. The van der Waals surface area contributed by atoms with Crippen molar-refractivity contribution in [3.8, 4) is 5.75 Å². The molecule has 0 atom stereocenters. The van der Waals surface area contributed by atoms with Crippen LogP contribution in [-0.2, 0) is 19.6 Å². The molecular weight excluding hydrogens is 629 g/mol. The Morgan fingerprint density at radius 2 is 1.85 bits per heavy atom. The SMILES string of the molecule is CC(=O)OCCOc1c(I)cc(I)c(S(=O)(=O)O)c1I. The molecule has 0 spiro atoms. The summed E-state index contributed by atoms with van der Waals surface area (Å²) < 4.78 is 43.6. The van der Waals surface area contributed by atoms with Gasteiger partial charge in [-0.2, -0.15) is 8.42 Å². The second kappa shape index (κ2) is 7.73. The van der Waals surface area contributed by atoms with E-state index >= 15 is 0 Å². The number of hydrogen-bond acceptors (Lipinski definition) is 5. The maximum atomic E-state index is 11.4. The van der Waals surface area contributed by atoms with Gasteiger partial charge in [0.15, 0.2) is 0 Å². The minimum atomic E-state index is -4.33. The number of carbonyl (C=O) groups excluding carboxylic acids is 1. The summed E-state index contributed by atoms with van der Waals surface area (Å²) in [6, 6.07) is 1.59. The topological polar surface area (TPSA) is 89.9 Å². The molecule has 112 valence electrons.